The summed E-state index contributed by atoms with van der Waals surface area (Å²) in [7, 11) is 0. The van der Waals surface area contributed by atoms with Crippen molar-refractivity contribution in [3.05, 3.63) is 58.1 Å². The maximum absolute atomic E-state index is 5.88. The van der Waals surface area contributed by atoms with Crippen LogP contribution in [0.1, 0.15) is 11.1 Å². The van der Waals surface area contributed by atoms with Gasteiger partial charge in [0.2, 0.25) is 0 Å². The Morgan fingerprint density at radius 3 is 2.76 bits per heavy atom. The molecule has 0 aliphatic carbocycles. The summed E-state index contributed by atoms with van der Waals surface area (Å²) in [5.41, 5.74) is 9.85. The molecule has 0 atom stereocenters. The van der Waals surface area contributed by atoms with Crippen molar-refractivity contribution in [2.75, 3.05) is 5.73 Å². The fourth-order valence-electron chi connectivity index (χ4n) is 2.21. The van der Waals surface area contributed by atoms with Crippen molar-refractivity contribution in [1.82, 2.24) is 20.2 Å². The maximum atomic E-state index is 5.88. The molecule has 3 aromatic rings. The van der Waals surface area contributed by atoms with Crippen LogP contribution in [0.15, 0.2) is 46.9 Å². The third-order valence-electron chi connectivity index (χ3n) is 3.29. The smallest absolute Gasteiger partial charge is 0.182 e. The van der Waals surface area contributed by atoms with Crippen LogP contribution in [-0.4, -0.2) is 20.2 Å². The molecule has 0 fully saturated rings. The van der Waals surface area contributed by atoms with Crippen LogP contribution in [-0.2, 0) is 6.54 Å². The fraction of sp³-hybridized carbons (Fsp3) is 0.133. The zero-order valence-electron chi connectivity index (χ0n) is 11.5. The highest BCUT2D eigenvalue weighted by Gasteiger charge is 2.11. The Bertz CT molecular complexity index is 761. The van der Waals surface area contributed by atoms with Crippen LogP contribution in [0.4, 0.5) is 5.69 Å². The average molecular weight is 344 g/mol. The van der Waals surface area contributed by atoms with Crippen LogP contribution in [0.25, 0.3) is 11.4 Å². The Morgan fingerprint density at radius 2 is 2.00 bits per heavy atom. The van der Waals surface area contributed by atoms with Crippen molar-refractivity contribution in [2.24, 2.45) is 0 Å². The molecular formula is C15H14BrN5. The summed E-state index contributed by atoms with van der Waals surface area (Å²) in [5, 5.41) is 12.0. The molecule has 106 valence electrons. The fourth-order valence-corrected chi connectivity index (χ4v) is 2.72. The highest BCUT2D eigenvalue weighted by atomic mass is 79.9. The average Bonchev–Trinajstić information content (AvgIpc) is 2.88. The third kappa shape index (κ3) is 2.95. The number of tetrazole rings is 1. The number of nitrogens with two attached hydrogens (primary N) is 1. The van der Waals surface area contributed by atoms with Gasteiger partial charge in [0, 0.05) is 15.7 Å². The van der Waals surface area contributed by atoms with E-state index in [4.69, 9.17) is 5.73 Å². The number of hydrogen-bond acceptors (Lipinski definition) is 4. The van der Waals surface area contributed by atoms with Gasteiger partial charge in [-0.25, -0.2) is 4.68 Å². The molecule has 0 radical (unpaired) electrons. The second-order valence-electron chi connectivity index (χ2n) is 4.86. The standard InChI is InChI=1S/C15H14BrN5/c1-10-4-2-3-5-11(10)9-21-15(18-19-20-21)12-6-13(16)8-14(17)7-12/h2-8H,9,17H2,1H3. The van der Waals surface area contributed by atoms with E-state index in [9.17, 15) is 0 Å². The van der Waals surface area contributed by atoms with E-state index in [0.29, 0.717) is 18.1 Å². The van der Waals surface area contributed by atoms with Crippen molar-refractivity contribution in [1.29, 1.82) is 0 Å². The summed E-state index contributed by atoms with van der Waals surface area (Å²) in [6.45, 7) is 2.71. The van der Waals surface area contributed by atoms with Gasteiger partial charge in [0.15, 0.2) is 5.82 Å². The van der Waals surface area contributed by atoms with Gasteiger partial charge in [-0.2, -0.15) is 0 Å². The van der Waals surface area contributed by atoms with Crippen LogP contribution in [0, 0.1) is 6.92 Å². The molecule has 2 N–H and O–H groups in total. The highest BCUT2D eigenvalue weighted by Crippen LogP contribution is 2.25. The van der Waals surface area contributed by atoms with Gasteiger partial charge in [0.25, 0.3) is 0 Å². The Labute approximate surface area is 130 Å². The van der Waals surface area contributed by atoms with Gasteiger partial charge in [-0.15, -0.1) is 5.10 Å². The van der Waals surface area contributed by atoms with Crippen LogP contribution in [0.2, 0.25) is 0 Å². The van der Waals surface area contributed by atoms with Crippen molar-refractivity contribution in [3.63, 3.8) is 0 Å². The molecule has 0 saturated carbocycles. The summed E-state index contributed by atoms with van der Waals surface area (Å²) in [6.07, 6.45) is 0. The van der Waals surface area contributed by atoms with Gasteiger partial charge in [-0.1, -0.05) is 40.2 Å². The maximum Gasteiger partial charge on any atom is 0.182 e. The van der Waals surface area contributed by atoms with Gasteiger partial charge in [-0.05, 0) is 46.7 Å². The summed E-state index contributed by atoms with van der Waals surface area (Å²) in [5.74, 6) is 0.700. The topological polar surface area (TPSA) is 69.6 Å². The van der Waals surface area contributed by atoms with E-state index in [2.05, 4.69) is 50.5 Å². The number of nitrogens with zero attached hydrogens (tertiary/aromatic N) is 4. The number of nitrogen functional groups attached to an aromatic ring is 1. The van der Waals surface area contributed by atoms with Gasteiger partial charge in [-0.3, -0.25) is 0 Å². The largest absolute Gasteiger partial charge is 0.399 e. The van der Waals surface area contributed by atoms with Crippen LogP contribution in [0.3, 0.4) is 0 Å². The molecule has 0 spiro atoms. The Hall–Kier alpha value is -2.21. The Morgan fingerprint density at radius 1 is 1.19 bits per heavy atom. The highest BCUT2D eigenvalue weighted by molar-refractivity contribution is 9.10. The first-order valence-electron chi connectivity index (χ1n) is 6.50. The summed E-state index contributed by atoms with van der Waals surface area (Å²) in [6, 6.07) is 13.9. The molecule has 21 heavy (non-hydrogen) atoms. The third-order valence-corrected chi connectivity index (χ3v) is 3.75. The molecule has 2 aromatic carbocycles. The number of anilines is 1. The molecule has 0 unspecified atom stereocenters. The summed E-state index contributed by atoms with van der Waals surface area (Å²) < 4.78 is 2.69. The number of aryl methyl sites for hydroxylation is 1. The van der Waals surface area contributed by atoms with Gasteiger partial charge in [0.05, 0.1) is 6.54 Å². The molecule has 0 saturated heterocycles. The number of benzene rings is 2. The van der Waals surface area contributed by atoms with Crippen LogP contribution in [0.5, 0.6) is 0 Å². The van der Waals surface area contributed by atoms with Crippen LogP contribution < -0.4 is 5.73 Å². The molecule has 0 amide bonds. The lowest BCUT2D eigenvalue weighted by Crippen LogP contribution is -2.06. The second kappa shape index (κ2) is 5.65. The number of halogens is 1. The normalized spacial score (nSPS) is 10.8. The zero-order valence-corrected chi connectivity index (χ0v) is 13.1. The second-order valence-corrected chi connectivity index (χ2v) is 5.78. The minimum Gasteiger partial charge on any atom is -0.399 e. The summed E-state index contributed by atoms with van der Waals surface area (Å²) in [4.78, 5) is 0. The lowest BCUT2D eigenvalue weighted by atomic mass is 10.1. The van der Waals surface area contributed by atoms with Gasteiger partial charge in [0.1, 0.15) is 0 Å². The predicted octanol–water partition coefficient (Wildman–Crippen LogP) is 3.04. The van der Waals surface area contributed by atoms with Gasteiger partial charge < -0.3 is 5.73 Å². The molecule has 3 rings (SSSR count). The van der Waals surface area contributed by atoms with E-state index in [1.54, 1.807) is 4.68 Å². The zero-order chi connectivity index (χ0) is 14.8. The van der Waals surface area contributed by atoms with Crippen molar-refractivity contribution in [3.8, 4) is 11.4 Å². The minimum atomic E-state index is 0.626. The quantitative estimate of drug-likeness (QED) is 0.742. The first-order chi connectivity index (χ1) is 10.1. The lowest BCUT2D eigenvalue weighted by molar-refractivity contribution is 0.651. The molecular weight excluding hydrogens is 330 g/mol. The summed E-state index contributed by atoms with van der Waals surface area (Å²) >= 11 is 3.44. The van der Waals surface area contributed by atoms with E-state index in [1.807, 2.05) is 30.3 Å². The molecule has 1 heterocycles. The first-order valence-corrected chi connectivity index (χ1v) is 7.30. The molecule has 5 nitrogen and oxygen atoms in total. The van der Waals surface area contributed by atoms with Crippen molar-refractivity contribution >= 4 is 21.6 Å². The number of hydrogen-bond donors (Lipinski definition) is 1. The van der Waals surface area contributed by atoms with E-state index < -0.39 is 0 Å². The first kappa shape index (κ1) is 13.8. The van der Waals surface area contributed by atoms with E-state index >= 15 is 0 Å². The van der Waals surface area contributed by atoms with E-state index in [1.165, 1.54) is 11.1 Å². The molecule has 0 aliphatic heterocycles. The molecule has 0 aliphatic rings. The van der Waals surface area contributed by atoms with Crippen molar-refractivity contribution in [2.45, 2.75) is 13.5 Å². The van der Waals surface area contributed by atoms with E-state index in [-0.39, 0.29) is 0 Å². The van der Waals surface area contributed by atoms with Gasteiger partial charge >= 0.3 is 0 Å². The van der Waals surface area contributed by atoms with Crippen LogP contribution >= 0.6 is 15.9 Å². The monoisotopic (exact) mass is 343 g/mol. The van der Waals surface area contributed by atoms with E-state index in [0.717, 1.165) is 10.0 Å². The number of rotatable bonds is 3. The lowest BCUT2D eigenvalue weighted by Gasteiger charge is -2.08. The minimum absolute atomic E-state index is 0.626. The van der Waals surface area contributed by atoms with Crippen molar-refractivity contribution < 1.29 is 0 Å². The molecule has 6 heteroatoms. The predicted molar refractivity (Wildman–Crippen MR) is 85.6 cm³/mol. The number of aromatic nitrogens is 4. The Kier molecular flexibility index (Phi) is 3.70. The Balaban J connectivity index is 1.99. The SMILES string of the molecule is Cc1ccccc1Cn1nnnc1-c1cc(N)cc(Br)c1. The molecule has 1 aromatic heterocycles. The molecule has 0 bridgehead atoms.